The van der Waals surface area contributed by atoms with Crippen LogP contribution in [0.3, 0.4) is 0 Å². The molecule has 2 rings (SSSR count). The largest absolute Gasteiger partial charge is 0.372 e. The third-order valence-corrected chi connectivity index (χ3v) is 2.59. The second kappa shape index (κ2) is 3.66. The van der Waals surface area contributed by atoms with E-state index in [2.05, 4.69) is 0 Å². The normalized spacial score (nSPS) is 27.8. The summed E-state index contributed by atoms with van der Waals surface area (Å²) in [5, 5.41) is 0.746. The Morgan fingerprint density at radius 2 is 2.00 bits per heavy atom. The van der Waals surface area contributed by atoms with Crippen LogP contribution in [0.4, 0.5) is 0 Å². The molecule has 0 amide bonds. The Kier molecular flexibility index (Phi) is 2.54. The van der Waals surface area contributed by atoms with Gasteiger partial charge in [-0.05, 0) is 24.1 Å². The minimum Gasteiger partial charge on any atom is -0.372 e. The van der Waals surface area contributed by atoms with Crippen LogP contribution in [0, 0.1) is 0 Å². The summed E-state index contributed by atoms with van der Waals surface area (Å²) in [6, 6.07) is 7.80. The van der Waals surface area contributed by atoms with Crippen molar-refractivity contribution in [2.75, 3.05) is 6.61 Å². The Bertz CT molecular complexity index is 285. The number of hydrogen-bond donors (Lipinski definition) is 1. The van der Waals surface area contributed by atoms with E-state index in [1.54, 1.807) is 0 Å². The summed E-state index contributed by atoms with van der Waals surface area (Å²) >= 11 is 5.78. The van der Waals surface area contributed by atoms with Gasteiger partial charge in [-0.25, -0.2) is 0 Å². The summed E-state index contributed by atoms with van der Waals surface area (Å²) in [7, 11) is 0. The van der Waals surface area contributed by atoms with Crippen LogP contribution in [0.25, 0.3) is 0 Å². The van der Waals surface area contributed by atoms with Crippen LogP contribution >= 0.6 is 11.6 Å². The summed E-state index contributed by atoms with van der Waals surface area (Å²) in [6.07, 6.45) is 0.991. The number of nitrogens with two attached hydrogens (primary N) is 1. The number of hydrogen-bond acceptors (Lipinski definition) is 2. The van der Waals surface area contributed by atoms with Crippen LogP contribution in [0.5, 0.6) is 0 Å². The molecule has 0 radical (unpaired) electrons. The Hall–Kier alpha value is -0.570. The molecule has 0 aliphatic carbocycles. The molecular weight excluding hydrogens is 186 g/mol. The molecule has 2 N–H and O–H groups in total. The van der Waals surface area contributed by atoms with E-state index >= 15 is 0 Å². The predicted octanol–water partition coefficient (Wildman–Crippen LogP) is 2.13. The van der Waals surface area contributed by atoms with Gasteiger partial charge >= 0.3 is 0 Å². The number of rotatable bonds is 1. The Morgan fingerprint density at radius 1 is 1.31 bits per heavy atom. The van der Waals surface area contributed by atoms with E-state index in [9.17, 15) is 0 Å². The molecule has 13 heavy (non-hydrogen) atoms. The maximum absolute atomic E-state index is 5.89. The molecule has 1 aliphatic heterocycles. The third-order valence-electron chi connectivity index (χ3n) is 2.34. The van der Waals surface area contributed by atoms with Gasteiger partial charge in [-0.1, -0.05) is 23.7 Å². The van der Waals surface area contributed by atoms with Crippen molar-refractivity contribution < 1.29 is 4.74 Å². The van der Waals surface area contributed by atoms with E-state index in [4.69, 9.17) is 22.1 Å². The molecule has 1 aliphatic rings. The minimum absolute atomic E-state index is 0.0530. The first-order chi connectivity index (χ1) is 6.27. The van der Waals surface area contributed by atoms with Crippen molar-refractivity contribution in [3.63, 3.8) is 0 Å². The molecule has 0 saturated carbocycles. The van der Waals surface area contributed by atoms with Gasteiger partial charge in [0.1, 0.15) is 0 Å². The lowest BCUT2D eigenvalue weighted by molar-refractivity contribution is 0.105. The first kappa shape index (κ1) is 9.00. The van der Waals surface area contributed by atoms with Gasteiger partial charge in [0.05, 0.1) is 6.10 Å². The van der Waals surface area contributed by atoms with Crippen molar-refractivity contribution in [2.24, 2.45) is 5.73 Å². The molecule has 0 spiro atoms. The quantitative estimate of drug-likeness (QED) is 0.749. The third kappa shape index (κ3) is 1.85. The zero-order chi connectivity index (χ0) is 9.26. The first-order valence-corrected chi connectivity index (χ1v) is 4.78. The molecule has 1 saturated heterocycles. The van der Waals surface area contributed by atoms with Gasteiger partial charge < -0.3 is 10.5 Å². The highest BCUT2D eigenvalue weighted by atomic mass is 35.5. The molecule has 1 aromatic carbocycles. The summed E-state index contributed by atoms with van der Waals surface area (Å²) in [5.41, 5.74) is 7.01. The molecule has 70 valence electrons. The van der Waals surface area contributed by atoms with Gasteiger partial charge in [0.2, 0.25) is 0 Å². The van der Waals surface area contributed by atoms with E-state index in [0.717, 1.165) is 23.6 Å². The fourth-order valence-electron chi connectivity index (χ4n) is 1.60. The number of ether oxygens (including phenoxy) is 1. The van der Waals surface area contributed by atoms with Crippen molar-refractivity contribution in [1.29, 1.82) is 0 Å². The fraction of sp³-hybridized carbons (Fsp3) is 0.400. The monoisotopic (exact) mass is 197 g/mol. The predicted molar refractivity (Wildman–Crippen MR) is 52.7 cm³/mol. The maximum atomic E-state index is 5.89. The zero-order valence-corrected chi connectivity index (χ0v) is 8.00. The van der Waals surface area contributed by atoms with Gasteiger partial charge in [-0.3, -0.25) is 0 Å². The second-order valence-electron chi connectivity index (χ2n) is 3.30. The summed E-state index contributed by atoms with van der Waals surface area (Å²) in [6.45, 7) is 0.758. The Balaban J connectivity index is 2.20. The average molecular weight is 198 g/mol. The highest BCUT2D eigenvalue weighted by molar-refractivity contribution is 6.30. The van der Waals surface area contributed by atoms with E-state index in [0.29, 0.717) is 0 Å². The van der Waals surface area contributed by atoms with Crippen LogP contribution in [0.2, 0.25) is 5.02 Å². The van der Waals surface area contributed by atoms with E-state index in [-0.39, 0.29) is 12.1 Å². The van der Waals surface area contributed by atoms with Gasteiger partial charge in [0.15, 0.2) is 0 Å². The minimum atomic E-state index is 0.0530. The van der Waals surface area contributed by atoms with Gasteiger partial charge in [-0.2, -0.15) is 0 Å². The lowest BCUT2D eigenvalue weighted by Crippen LogP contribution is -2.23. The van der Waals surface area contributed by atoms with Gasteiger partial charge in [0, 0.05) is 17.7 Å². The first-order valence-electron chi connectivity index (χ1n) is 4.40. The lowest BCUT2D eigenvalue weighted by Gasteiger charge is -2.14. The molecule has 2 nitrogen and oxygen atoms in total. The smallest absolute Gasteiger partial charge is 0.0976 e. The highest BCUT2D eigenvalue weighted by Crippen LogP contribution is 2.28. The summed E-state index contributed by atoms with van der Waals surface area (Å²) in [4.78, 5) is 0. The molecular formula is C10H12ClNO. The lowest BCUT2D eigenvalue weighted by atomic mass is 10.0. The van der Waals surface area contributed by atoms with Gasteiger partial charge in [-0.15, -0.1) is 0 Å². The van der Waals surface area contributed by atoms with E-state index in [1.807, 2.05) is 24.3 Å². The van der Waals surface area contributed by atoms with Crippen LogP contribution in [0.15, 0.2) is 24.3 Å². The van der Waals surface area contributed by atoms with Crippen molar-refractivity contribution in [1.82, 2.24) is 0 Å². The molecule has 3 heteroatoms. The average Bonchev–Trinajstić information content (AvgIpc) is 2.53. The number of halogens is 1. The van der Waals surface area contributed by atoms with Crippen molar-refractivity contribution in [2.45, 2.75) is 18.6 Å². The van der Waals surface area contributed by atoms with Crippen molar-refractivity contribution in [3.05, 3.63) is 34.9 Å². The highest BCUT2D eigenvalue weighted by Gasteiger charge is 2.25. The van der Waals surface area contributed by atoms with Crippen LogP contribution in [-0.4, -0.2) is 12.6 Å². The van der Waals surface area contributed by atoms with Crippen molar-refractivity contribution >= 4 is 11.6 Å². The van der Waals surface area contributed by atoms with E-state index in [1.165, 1.54) is 0 Å². The van der Waals surface area contributed by atoms with Crippen LogP contribution in [-0.2, 0) is 4.74 Å². The topological polar surface area (TPSA) is 35.2 Å². The molecule has 1 fully saturated rings. The standard InChI is InChI=1S/C10H12ClNO/c11-8-3-1-7(2-4-8)10-9(12)5-6-13-10/h1-4,9-10H,5-6,12H2/t9-,10-/m0/s1. The molecule has 1 heterocycles. The van der Waals surface area contributed by atoms with Crippen molar-refractivity contribution in [3.8, 4) is 0 Å². The second-order valence-corrected chi connectivity index (χ2v) is 3.73. The summed E-state index contributed by atoms with van der Waals surface area (Å²) < 4.78 is 5.52. The molecule has 0 unspecified atom stereocenters. The zero-order valence-electron chi connectivity index (χ0n) is 7.24. The molecule has 0 aromatic heterocycles. The SMILES string of the molecule is N[C@H]1CCO[C@H]1c1ccc(Cl)cc1. The number of benzene rings is 1. The van der Waals surface area contributed by atoms with E-state index < -0.39 is 0 Å². The summed E-state index contributed by atoms with van der Waals surface area (Å²) in [5.74, 6) is 0. The van der Waals surface area contributed by atoms with Crippen LogP contribution in [0.1, 0.15) is 18.1 Å². The molecule has 2 atom stereocenters. The molecule has 1 aromatic rings. The fourth-order valence-corrected chi connectivity index (χ4v) is 1.73. The van der Waals surface area contributed by atoms with Crippen LogP contribution < -0.4 is 5.73 Å². The Labute approximate surface area is 82.6 Å². The van der Waals surface area contributed by atoms with Gasteiger partial charge in [0.25, 0.3) is 0 Å². The Morgan fingerprint density at radius 3 is 2.54 bits per heavy atom. The molecule has 0 bridgehead atoms. The maximum Gasteiger partial charge on any atom is 0.0976 e.